The highest BCUT2D eigenvalue weighted by Crippen LogP contribution is 2.26. The van der Waals surface area contributed by atoms with Gasteiger partial charge in [-0.25, -0.2) is 13.2 Å². The molecule has 9 heteroatoms. The molecule has 1 aliphatic rings. The average Bonchev–Trinajstić information content (AvgIpc) is 3.23. The van der Waals surface area contributed by atoms with Gasteiger partial charge in [0.05, 0.1) is 33.8 Å². The summed E-state index contributed by atoms with van der Waals surface area (Å²) in [6.45, 7) is 0.915. The topological polar surface area (TPSA) is 92.8 Å². The van der Waals surface area contributed by atoms with Crippen LogP contribution in [0.5, 0.6) is 0 Å². The Balaban J connectivity index is 1.92. The number of hydrogen-bond acceptors (Lipinski definition) is 5. The Morgan fingerprint density at radius 1 is 1.07 bits per heavy atom. The molecule has 1 aliphatic heterocycles. The summed E-state index contributed by atoms with van der Waals surface area (Å²) in [5.41, 5.74) is 0.417. The number of nitrogens with one attached hydrogen (secondary N) is 1. The number of methoxy groups -OCH3 is 1. The third-order valence-electron chi connectivity index (χ3n) is 4.47. The first kappa shape index (κ1) is 20.3. The molecule has 148 valence electrons. The monoisotopic (exact) mass is 422 g/mol. The first-order chi connectivity index (χ1) is 13.3. The highest BCUT2D eigenvalue weighted by Gasteiger charge is 2.28. The SMILES string of the molecule is COC(=O)c1ccccc1NC(=O)c1cc(S(=O)(=O)N2CCCC2)ccc1Cl. The summed E-state index contributed by atoms with van der Waals surface area (Å²) in [5, 5.41) is 2.70. The number of nitrogens with zero attached hydrogens (tertiary/aromatic N) is 1. The molecule has 0 unspecified atom stereocenters. The fourth-order valence-corrected chi connectivity index (χ4v) is 4.73. The molecule has 0 saturated carbocycles. The minimum Gasteiger partial charge on any atom is -0.465 e. The van der Waals surface area contributed by atoms with Crippen LogP contribution in [-0.2, 0) is 14.8 Å². The van der Waals surface area contributed by atoms with Crippen LogP contribution >= 0.6 is 11.6 Å². The van der Waals surface area contributed by atoms with Crippen molar-refractivity contribution in [3.63, 3.8) is 0 Å². The van der Waals surface area contributed by atoms with E-state index in [0.29, 0.717) is 13.1 Å². The van der Waals surface area contributed by atoms with E-state index >= 15 is 0 Å². The Morgan fingerprint density at radius 2 is 1.75 bits per heavy atom. The second-order valence-corrected chi connectivity index (χ2v) is 8.59. The van der Waals surface area contributed by atoms with Crippen LogP contribution in [0.25, 0.3) is 0 Å². The van der Waals surface area contributed by atoms with Gasteiger partial charge in [0, 0.05) is 13.1 Å². The molecule has 1 N–H and O–H groups in total. The standard InChI is InChI=1S/C19H19ClN2O5S/c1-27-19(24)14-6-2-3-7-17(14)21-18(23)15-12-13(8-9-16(15)20)28(25,26)22-10-4-5-11-22/h2-3,6-9,12H,4-5,10-11H2,1H3,(H,21,23). The maximum Gasteiger partial charge on any atom is 0.339 e. The van der Waals surface area contributed by atoms with Gasteiger partial charge in [0.25, 0.3) is 5.91 Å². The van der Waals surface area contributed by atoms with Gasteiger partial charge in [-0.05, 0) is 43.2 Å². The van der Waals surface area contributed by atoms with Crippen LogP contribution in [0.3, 0.4) is 0 Å². The summed E-state index contributed by atoms with van der Waals surface area (Å²) in [6.07, 6.45) is 1.62. The van der Waals surface area contributed by atoms with Crippen molar-refractivity contribution in [1.29, 1.82) is 0 Å². The van der Waals surface area contributed by atoms with Gasteiger partial charge in [-0.2, -0.15) is 4.31 Å². The van der Waals surface area contributed by atoms with E-state index in [1.165, 1.54) is 35.7 Å². The van der Waals surface area contributed by atoms with Gasteiger partial charge >= 0.3 is 5.97 Å². The molecule has 1 amide bonds. The predicted octanol–water partition coefficient (Wildman–Crippen LogP) is 3.16. The number of rotatable bonds is 5. The van der Waals surface area contributed by atoms with Crippen LogP contribution in [-0.4, -0.2) is 44.8 Å². The van der Waals surface area contributed by atoms with Crippen LogP contribution in [0, 0.1) is 0 Å². The van der Waals surface area contributed by atoms with Crippen molar-refractivity contribution < 1.29 is 22.7 Å². The van der Waals surface area contributed by atoms with E-state index in [2.05, 4.69) is 5.32 Å². The van der Waals surface area contributed by atoms with Crippen molar-refractivity contribution >= 4 is 39.2 Å². The number of benzene rings is 2. The zero-order valence-corrected chi connectivity index (χ0v) is 16.7. The van der Waals surface area contributed by atoms with Crippen LogP contribution in [0.1, 0.15) is 33.6 Å². The number of para-hydroxylation sites is 1. The maximum atomic E-state index is 12.8. The summed E-state index contributed by atoms with van der Waals surface area (Å²) in [7, 11) is -2.45. The van der Waals surface area contributed by atoms with Crippen LogP contribution in [0.2, 0.25) is 5.02 Å². The minimum absolute atomic E-state index is 0.00149. The number of ether oxygens (including phenoxy) is 1. The lowest BCUT2D eigenvalue weighted by atomic mass is 10.1. The third-order valence-corrected chi connectivity index (χ3v) is 6.69. The number of hydrogen-bond donors (Lipinski definition) is 1. The molecule has 2 aromatic carbocycles. The van der Waals surface area contributed by atoms with Gasteiger partial charge in [0.1, 0.15) is 0 Å². The second-order valence-electron chi connectivity index (χ2n) is 6.24. The summed E-state index contributed by atoms with van der Waals surface area (Å²) in [4.78, 5) is 24.6. The quantitative estimate of drug-likeness (QED) is 0.747. The summed E-state index contributed by atoms with van der Waals surface area (Å²) >= 11 is 6.14. The number of halogens is 1. The predicted molar refractivity (Wildman–Crippen MR) is 105 cm³/mol. The molecule has 3 rings (SSSR count). The van der Waals surface area contributed by atoms with Crippen molar-refractivity contribution in [2.24, 2.45) is 0 Å². The molecule has 28 heavy (non-hydrogen) atoms. The molecular weight excluding hydrogens is 404 g/mol. The lowest BCUT2D eigenvalue weighted by molar-refractivity contribution is 0.0602. The third kappa shape index (κ3) is 4.04. The minimum atomic E-state index is -3.69. The highest BCUT2D eigenvalue weighted by atomic mass is 35.5. The van der Waals surface area contributed by atoms with Gasteiger partial charge in [-0.15, -0.1) is 0 Å². The van der Waals surface area contributed by atoms with E-state index in [4.69, 9.17) is 16.3 Å². The van der Waals surface area contributed by atoms with E-state index in [1.54, 1.807) is 18.2 Å². The number of carbonyl (C=O) groups excluding carboxylic acids is 2. The first-order valence-electron chi connectivity index (χ1n) is 8.63. The van der Waals surface area contributed by atoms with Gasteiger partial charge in [-0.3, -0.25) is 4.79 Å². The Labute approximate surface area is 168 Å². The molecule has 0 radical (unpaired) electrons. The van der Waals surface area contributed by atoms with Gasteiger partial charge in [0.2, 0.25) is 10.0 Å². The van der Waals surface area contributed by atoms with Crippen molar-refractivity contribution in [3.05, 3.63) is 58.6 Å². The van der Waals surface area contributed by atoms with Crippen LogP contribution in [0.4, 0.5) is 5.69 Å². The Kier molecular flexibility index (Phi) is 6.02. The molecule has 0 aromatic heterocycles. The summed E-state index contributed by atoms with van der Waals surface area (Å²) in [5.74, 6) is -1.23. The number of carbonyl (C=O) groups is 2. The van der Waals surface area contributed by atoms with Crippen molar-refractivity contribution in [2.45, 2.75) is 17.7 Å². The molecule has 0 aliphatic carbocycles. The number of amides is 1. The normalized spacial score (nSPS) is 14.6. The average molecular weight is 423 g/mol. The molecule has 7 nitrogen and oxygen atoms in total. The van der Waals surface area contributed by atoms with Gasteiger partial charge < -0.3 is 10.1 Å². The van der Waals surface area contributed by atoms with Crippen molar-refractivity contribution in [1.82, 2.24) is 4.31 Å². The van der Waals surface area contributed by atoms with Crippen LogP contribution < -0.4 is 5.32 Å². The Hall–Kier alpha value is -2.42. The lowest BCUT2D eigenvalue weighted by Crippen LogP contribution is -2.28. The van der Waals surface area contributed by atoms with Crippen LogP contribution in [0.15, 0.2) is 47.4 Å². The largest absolute Gasteiger partial charge is 0.465 e. The fourth-order valence-electron chi connectivity index (χ4n) is 2.99. The first-order valence-corrected chi connectivity index (χ1v) is 10.4. The second kappa shape index (κ2) is 8.30. The Bertz CT molecular complexity index is 1020. The molecule has 0 bridgehead atoms. The van der Waals surface area contributed by atoms with Gasteiger partial charge in [-0.1, -0.05) is 23.7 Å². The van der Waals surface area contributed by atoms with E-state index < -0.39 is 21.9 Å². The number of anilines is 1. The van der Waals surface area contributed by atoms with Crippen molar-refractivity contribution in [2.75, 3.05) is 25.5 Å². The molecule has 1 heterocycles. The summed E-state index contributed by atoms with van der Waals surface area (Å²) < 4.78 is 31.6. The zero-order valence-electron chi connectivity index (χ0n) is 15.1. The van der Waals surface area contributed by atoms with E-state index in [0.717, 1.165) is 12.8 Å². The zero-order chi connectivity index (χ0) is 20.3. The van der Waals surface area contributed by atoms with E-state index in [-0.39, 0.29) is 26.7 Å². The van der Waals surface area contributed by atoms with E-state index in [1.807, 2.05) is 0 Å². The molecule has 1 saturated heterocycles. The van der Waals surface area contributed by atoms with E-state index in [9.17, 15) is 18.0 Å². The molecule has 1 fully saturated rings. The fraction of sp³-hybridized carbons (Fsp3) is 0.263. The molecule has 0 spiro atoms. The molecule has 2 aromatic rings. The number of sulfonamides is 1. The molecule has 0 atom stereocenters. The number of esters is 1. The smallest absolute Gasteiger partial charge is 0.339 e. The Morgan fingerprint density at radius 3 is 2.43 bits per heavy atom. The van der Waals surface area contributed by atoms with Crippen molar-refractivity contribution in [3.8, 4) is 0 Å². The lowest BCUT2D eigenvalue weighted by Gasteiger charge is -2.16. The maximum absolute atomic E-state index is 12.8. The summed E-state index contributed by atoms with van der Waals surface area (Å²) in [6, 6.07) is 10.4. The highest BCUT2D eigenvalue weighted by molar-refractivity contribution is 7.89. The van der Waals surface area contributed by atoms with Gasteiger partial charge in [0.15, 0.2) is 0 Å². The molecular formula is C19H19ClN2O5S.